The molecule has 0 unspecified atom stereocenters. The minimum atomic E-state index is -0.866. The van der Waals surface area contributed by atoms with Crippen molar-refractivity contribution >= 4 is 17.7 Å². The lowest BCUT2D eigenvalue weighted by atomic mass is 10.8. The molecular formula is C3HN11O2. The van der Waals surface area contributed by atoms with Gasteiger partial charge in [-0.15, -0.1) is 0 Å². The maximum Gasteiger partial charge on any atom is 0.290 e. The van der Waals surface area contributed by atoms with E-state index in [4.69, 9.17) is 5.53 Å². The second-order valence-corrected chi connectivity index (χ2v) is 2.30. The fourth-order valence-electron chi connectivity index (χ4n) is 0.880. The van der Waals surface area contributed by atoms with Gasteiger partial charge in [0.1, 0.15) is 0 Å². The van der Waals surface area contributed by atoms with Crippen LogP contribution in [0.4, 0.5) is 11.9 Å². The molecule has 13 heteroatoms. The molecule has 0 aliphatic rings. The topological polar surface area (TPSA) is 173 Å². The number of aromatic nitrogens is 6. The van der Waals surface area contributed by atoms with E-state index in [-0.39, 0.29) is 17.7 Å². The van der Waals surface area contributed by atoms with E-state index in [0.29, 0.717) is 0 Å². The Balaban J connectivity index is 2.61. The minimum Gasteiger partial charge on any atom is -0.234 e. The number of rotatable bonds is 3. The van der Waals surface area contributed by atoms with Crippen LogP contribution in [0.5, 0.6) is 0 Å². The predicted molar refractivity (Wildman–Crippen MR) is 45.8 cm³/mol. The van der Waals surface area contributed by atoms with E-state index in [1.807, 2.05) is 0 Å². The van der Waals surface area contributed by atoms with Crippen molar-refractivity contribution in [1.29, 1.82) is 0 Å². The SMILES string of the molecule is [N-]=[N+]=Nc1nc(N[N+](=O)[O-])nc2nnnn12. The highest BCUT2D eigenvalue weighted by atomic mass is 16.7. The molecule has 2 aromatic heterocycles. The fourth-order valence-corrected chi connectivity index (χ4v) is 0.880. The summed E-state index contributed by atoms with van der Waals surface area (Å²) in [6, 6.07) is 0. The van der Waals surface area contributed by atoms with Gasteiger partial charge >= 0.3 is 0 Å². The van der Waals surface area contributed by atoms with Crippen molar-refractivity contribution in [3.63, 3.8) is 0 Å². The number of hydrogen-bond donors (Lipinski definition) is 1. The van der Waals surface area contributed by atoms with Crippen LogP contribution in [0, 0.1) is 10.1 Å². The summed E-state index contributed by atoms with van der Waals surface area (Å²) in [5.74, 6) is -0.724. The summed E-state index contributed by atoms with van der Waals surface area (Å²) in [5.41, 5.74) is 9.94. The van der Waals surface area contributed by atoms with Gasteiger partial charge in [0, 0.05) is 4.91 Å². The average molecular weight is 223 g/mol. The molecule has 0 bridgehead atoms. The Morgan fingerprint density at radius 3 is 3.06 bits per heavy atom. The highest BCUT2D eigenvalue weighted by molar-refractivity contribution is 5.39. The molecule has 13 nitrogen and oxygen atoms in total. The second-order valence-electron chi connectivity index (χ2n) is 2.30. The first kappa shape index (κ1) is 9.47. The zero-order chi connectivity index (χ0) is 11.5. The summed E-state index contributed by atoms with van der Waals surface area (Å²) >= 11 is 0. The molecule has 0 amide bonds. The normalized spacial score (nSPS) is 9.75. The van der Waals surface area contributed by atoms with Gasteiger partial charge in [0.05, 0.1) is 0 Å². The molecule has 0 spiro atoms. The van der Waals surface area contributed by atoms with Gasteiger partial charge in [-0.05, 0) is 21.1 Å². The van der Waals surface area contributed by atoms with Crippen LogP contribution < -0.4 is 5.43 Å². The van der Waals surface area contributed by atoms with Gasteiger partial charge in [0.2, 0.25) is 5.95 Å². The summed E-state index contributed by atoms with van der Waals surface area (Å²) in [6.07, 6.45) is 0. The molecule has 1 N–H and O–H groups in total. The van der Waals surface area contributed by atoms with Gasteiger partial charge in [0.25, 0.3) is 11.7 Å². The van der Waals surface area contributed by atoms with Crippen molar-refractivity contribution in [3.05, 3.63) is 20.6 Å². The number of fused-ring (bicyclic) bond motifs is 1. The van der Waals surface area contributed by atoms with Crippen LogP contribution in [0.1, 0.15) is 0 Å². The summed E-state index contributed by atoms with van der Waals surface area (Å²) in [5, 5.41) is 22.6. The molecule has 2 rings (SSSR count). The van der Waals surface area contributed by atoms with Crippen LogP contribution in [0.2, 0.25) is 0 Å². The lowest BCUT2D eigenvalue weighted by molar-refractivity contribution is -0.446. The van der Waals surface area contributed by atoms with E-state index in [1.165, 1.54) is 0 Å². The molecular weight excluding hydrogens is 222 g/mol. The monoisotopic (exact) mass is 223 g/mol. The molecule has 80 valence electrons. The zero-order valence-corrected chi connectivity index (χ0v) is 7.29. The zero-order valence-electron chi connectivity index (χ0n) is 7.29. The number of azide groups is 1. The Bertz CT molecular complexity index is 594. The summed E-state index contributed by atoms with van der Waals surface area (Å²) in [4.78, 5) is 19.8. The summed E-state index contributed by atoms with van der Waals surface area (Å²) < 4.78 is 0.935. The maximum atomic E-state index is 10.2. The molecule has 0 saturated heterocycles. The van der Waals surface area contributed by atoms with Crippen LogP contribution in [0.15, 0.2) is 5.11 Å². The van der Waals surface area contributed by atoms with E-state index < -0.39 is 5.03 Å². The van der Waals surface area contributed by atoms with Crippen molar-refractivity contribution in [2.24, 2.45) is 5.11 Å². The Hall–Kier alpha value is -3.08. The third-order valence-corrected chi connectivity index (χ3v) is 1.38. The number of tetrazole rings is 1. The summed E-state index contributed by atoms with van der Waals surface area (Å²) in [6.45, 7) is 0. The fraction of sp³-hybridized carbons (Fsp3) is 0. The van der Waals surface area contributed by atoms with Crippen molar-refractivity contribution in [3.8, 4) is 0 Å². The largest absolute Gasteiger partial charge is 0.290 e. The quantitative estimate of drug-likeness (QED) is 0.237. The second kappa shape index (κ2) is 3.58. The van der Waals surface area contributed by atoms with Gasteiger partial charge in [-0.25, -0.2) is 10.1 Å². The van der Waals surface area contributed by atoms with Crippen molar-refractivity contribution in [1.82, 2.24) is 30.0 Å². The molecule has 0 fully saturated rings. The van der Waals surface area contributed by atoms with Gasteiger partial charge in [-0.2, -0.15) is 14.5 Å². The first-order valence-corrected chi connectivity index (χ1v) is 3.63. The Morgan fingerprint density at radius 2 is 2.38 bits per heavy atom. The van der Waals surface area contributed by atoms with E-state index in [1.54, 1.807) is 5.43 Å². The van der Waals surface area contributed by atoms with Crippen LogP contribution in [-0.2, 0) is 0 Å². The molecule has 2 aromatic rings. The minimum absolute atomic E-state index is 0.0817. The van der Waals surface area contributed by atoms with E-state index in [2.05, 4.69) is 35.5 Å². The Labute approximate surface area is 84.9 Å². The van der Waals surface area contributed by atoms with Gasteiger partial charge in [-0.3, -0.25) is 0 Å². The molecule has 0 radical (unpaired) electrons. The summed E-state index contributed by atoms with van der Waals surface area (Å²) in [7, 11) is 0. The van der Waals surface area contributed by atoms with Gasteiger partial charge in [-0.1, -0.05) is 10.5 Å². The number of anilines is 1. The maximum absolute atomic E-state index is 10.2. The predicted octanol–water partition coefficient (Wildman–Crippen LogP) is -0.540. The first-order chi connectivity index (χ1) is 7.70. The third kappa shape index (κ3) is 1.60. The third-order valence-electron chi connectivity index (χ3n) is 1.38. The number of nitrogens with zero attached hydrogens (tertiary/aromatic N) is 10. The molecule has 0 saturated carbocycles. The van der Waals surface area contributed by atoms with Crippen molar-refractivity contribution in [2.75, 3.05) is 5.43 Å². The number of nitro groups is 1. The van der Waals surface area contributed by atoms with Crippen LogP contribution >= 0.6 is 0 Å². The van der Waals surface area contributed by atoms with Crippen molar-refractivity contribution in [2.45, 2.75) is 0 Å². The average Bonchev–Trinajstić information content (AvgIpc) is 2.65. The van der Waals surface area contributed by atoms with Crippen LogP contribution in [0.25, 0.3) is 16.2 Å². The van der Waals surface area contributed by atoms with E-state index in [9.17, 15) is 10.1 Å². The molecule has 2 heterocycles. The standard InChI is InChI=1S/C3HN11O2/c4-10-7-2-5-1(9-14(15)16)6-3-8-11-12-13(2)3/h(H,6,8,9,12). The van der Waals surface area contributed by atoms with Crippen molar-refractivity contribution < 1.29 is 5.03 Å². The number of hydrogen-bond acceptors (Lipinski definition) is 8. The molecule has 0 atom stereocenters. The van der Waals surface area contributed by atoms with E-state index in [0.717, 1.165) is 4.52 Å². The van der Waals surface area contributed by atoms with Gasteiger partial charge in [0.15, 0.2) is 5.03 Å². The van der Waals surface area contributed by atoms with Crippen LogP contribution in [0.3, 0.4) is 0 Å². The number of hydrazine groups is 1. The highest BCUT2D eigenvalue weighted by Crippen LogP contribution is 2.11. The molecule has 0 aromatic carbocycles. The smallest absolute Gasteiger partial charge is 0.234 e. The molecule has 0 aliphatic heterocycles. The molecule has 0 aliphatic carbocycles. The first-order valence-electron chi connectivity index (χ1n) is 3.63. The van der Waals surface area contributed by atoms with E-state index >= 15 is 0 Å². The van der Waals surface area contributed by atoms with Crippen LogP contribution in [-0.4, -0.2) is 35.0 Å². The highest BCUT2D eigenvalue weighted by Gasteiger charge is 2.11. The lowest BCUT2D eigenvalue weighted by Crippen LogP contribution is -2.12. The Kier molecular flexibility index (Phi) is 2.12. The van der Waals surface area contributed by atoms with Gasteiger partial charge < -0.3 is 0 Å². The Morgan fingerprint density at radius 1 is 1.56 bits per heavy atom. The number of nitrogens with one attached hydrogen (secondary N) is 1. The molecule has 16 heavy (non-hydrogen) atoms. The lowest BCUT2D eigenvalue weighted by Gasteiger charge is -1.97.